The summed E-state index contributed by atoms with van der Waals surface area (Å²) < 4.78 is 16.3. The molecule has 0 unspecified atom stereocenters. The first-order valence-corrected chi connectivity index (χ1v) is 8.44. The quantitative estimate of drug-likeness (QED) is 0.898. The Balaban J connectivity index is 1.29. The van der Waals surface area contributed by atoms with Crippen LogP contribution in [0, 0.1) is 0 Å². The number of benzene rings is 2. The number of para-hydroxylation sites is 1. The SMILES string of the molecule is O=C(NCCc1ccc2c(c1)OCO2)N[C@@H]1CCOc2ccccc21. The molecule has 6 nitrogen and oxygen atoms in total. The predicted molar refractivity (Wildman–Crippen MR) is 92.1 cm³/mol. The van der Waals surface area contributed by atoms with Gasteiger partial charge in [-0.05, 0) is 30.2 Å². The molecule has 1 atom stereocenters. The van der Waals surface area contributed by atoms with Gasteiger partial charge in [-0.25, -0.2) is 4.79 Å². The number of fused-ring (bicyclic) bond motifs is 2. The number of hydrogen-bond donors (Lipinski definition) is 2. The summed E-state index contributed by atoms with van der Waals surface area (Å²) in [6, 6.07) is 13.5. The van der Waals surface area contributed by atoms with Gasteiger partial charge in [-0.15, -0.1) is 0 Å². The van der Waals surface area contributed by atoms with Crippen molar-refractivity contribution in [2.24, 2.45) is 0 Å². The highest BCUT2D eigenvalue weighted by Gasteiger charge is 2.22. The molecule has 0 saturated carbocycles. The number of rotatable bonds is 4. The zero-order chi connectivity index (χ0) is 17.1. The fourth-order valence-electron chi connectivity index (χ4n) is 3.12. The largest absolute Gasteiger partial charge is 0.493 e. The molecule has 0 fully saturated rings. The Morgan fingerprint density at radius 1 is 1.04 bits per heavy atom. The Bertz CT molecular complexity index is 778. The third-order valence-electron chi connectivity index (χ3n) is 4.40. The Labute approximate surface area is 146 Å². The summed E-state index contributed by atoms with van der Waals surface area (Å²) in [6.07, 6.45) is 1.50. The fourth-order valence-corrected chi connectivity index (χ4v) is 3.12. The second-order valence-corrected chi connectivity index (χ2v) is 6.07. The molecule has 0 radical (unpaired) electrons. The van der Waals surface area contributed by atoms with Gasteiger partial charge in [0.05, 0.1) is 12.6 Å². The molecule has 0 spiro atoms. The molecule has 130 valence electrons. The molecule has 2 amide bonds. The molecule has 0 bridgehead atoms. The second kappa shape index (κ2) is 6.93. The monoisotopic (exact) mass is 340 g/mol. The first kappa shape index (κ1) is 15.6. The van der Waals surface area contributed by atoms with Crippen LogP contribution in [0.5, 0.6) is 17.2 Å². The van der Waals surface area contributed by atoms with Crippen molar-refractivity contribution >= 4 is 6.03 Å². The maximum Gasteiger partial charge on any atom is 0.315 e. The van der Waals surface area contributed by atoms with E-state index in [4.69, 9.17) is 14.2 Å². The minimum atomic E-state index is -0.164. The molecule has 25 heavy (non-hydrogen) atoms. The third-order valence-corrected chi connectivity index (χ3v) is 4.40. The summed E-state index contributed by atoms with van der Waals surface area (Å²) in [4.78, 5) is 12.2. The Morgan fingerprint density at radius 2 is 1.92 bits per heavy atom. The van der Waals surface area contributed by atoms with Crippen molar-refractivity contribution < 1.29 is 19.0 Å². The topological polar surface area (TPSA) is 68.8 Å². The first-order chi connectivity index (χ1) is 12.3. The van der Waals surface area contributed by atoms with Crippen molar-refractivity contribution in [2.75, 3.05) is 19.9 Å². The van der Waals surface area contributed by atoms with Crippen LogP contribution in [0.3, 0.4) is 0 Å². The summed E-state index contributed by atoms with van der Waals surface area (Å²) >= 11 is 0. The van der Waals surface area contributed by atoms with Crippen molar-refractivity contribution in [3.8, 4) is 17.2 Å². The van der Waals surface area contributed by atoms with Crippen molar-refractivity contribution in [3.63, 3.8) is 0 Å². The van der Waals surface area contributed by atoms with Gasteiger partial charge in [0.1, 0.15) is 5.75 Å². The van der Waals surface area contributed by atoms with Crippen LogP contribution in [0.1, 0.15) is 23.6 Å². The van der Waals surface area contributed by atoms with Crippen LogP contribution in [0.4, 0.5) is 4.79 Å². The van der Waals surface area contributed by atoms with Crippen LogP contribution >= 0.6 is 0 Å². The number of carbonyl (C=O) groups excluding carboxylic acids is 1. The second-order valence-electron chi connectivity index (χ2n) is 6.07. The summed E-state index contributed by atoms with van der Waals surface area (Å²) in [5, 5.41) is 5.94. The average molecular weight is 340 g/mol. The highest BCUT2D eigenvalue weighted by molar-refractivity contribution is 5.74. The summed E-state index contributed by atoms with van der Waals surface area (Å²) in [5.41, 5.74) is 2.13. The van der Waals surface area contributed by atoms with Crippen molar-refractivity contribution in [3.05, 3.63) is 53.6 Å². The molecule has 6 heteroatoms. The van der Waals surface area contributed by atoms with E-state index < -0.39 is 0 Å². The average Bonchev–Trinajstić information content (AvgIpc) is 3.10. The summed E-state index contributed by atoms with van der Waals surface area (Å²) in [7, 11) is 0. The smallest absolute Gasteiger partial charge is 0.315 e. The van der Waals surface area contributed by atoms with E-state index in [1.54, 1.807) is 0 Å². The molecule has 2 aliphatic heterocycles. The molecule has 4 rings (SSSR count). The van der Waals surface area contributed by atoms with Gasteiger partial charge in [0.2, 0.25) is 6.79 Å². The lowest BCUT2D eigenvalue weighted by molar-refractivity contribution is 0.174. The number of nitrogens with one attached hydrogen (secondary N) is 2. The van der Waals surface area contributed by atoms with Crippen LogP contribution in [-0.2, 0) is 6.42 Å². The maximum atomic E-state index is 12.2. The minimum absolute atomic E-state index is 0.0181. The highest BCUT2D eigenvalue weighted by Crippen LogP contribution is 2.33. The predicted octanol–water partition coefficient (Wildman–Crippen LogP) is 2.78. The Morgan fingerprint density at radius 3 is 2.88 bits per heavy atom. The Hall–Kier alpha value is -2.89. The lowest BCUT2D eigenvalue weighted by Gasteiger charge is -2.26. The molecule has 2 heterocycles. The molecular weight excluding hydrogens is 320 g/mol. The fraction of sp³-hybridized carbons (Fsp3) is 0.316. The lowest BCUT2D eigenvalue weighted by Crippen LogP contribution is -2.40. The number of urea groups is 1. The van der Waals surface area contributed by atoms with Crippen LogP contribution in [0.15, 0.2) is 42.5 Å². The van der Waals surface area contributed by atoms with Crippen LogP contribution < -0.4 is 24.8 Å². The van der Waals surface area contributed by atoms with Gasteiger partial charge < -0.3 is 24.8 Å². The number of hydrogen-bond acceptors (Lipinski definition) is 4. The van der Waals surface area contributed by atoms with E-state index >= 15 is 0 Å². The minimum Gasteiger partial charge on any atom is -0.493 e. The first-order valence-electron chi connectivity index (χ1n) is 8.44. The number of carbonyl (C=O) groups is 1. The zero-order valence-corrected chi connectivity index (χ0v) is 13.8. The lowest BCUT2D eigenvalue weighted by atomic mass is 10.0. The van der Waals surface area contributed by atoms with Gasteiger partial charge in [-0.2, -0.15) is 0 Å². The summed E-state index contributed by atoms with van der Waals surface area (Å²) in [6.45, 7) is 1.43. The van der Waals surface area contributed by atoms with Gasteiger partial charge in [0, 0.05) is 18.5 Å². The normalized spacial score (nSPS) is 17.4. The van der Waals surface area contributed by atoms with E-state index in [1.165, 1.54) is 0 Å². The van der Waals surface area contributed by atoms with E-state index in [0.29, 0.717) is 13.2 Å². The molecule has 0 saturated heterocycles. The van der Waals surface area contributed by atoms with E-state index in [9.17, 15) is 4.79 Å². The van der Waals surface area contributed by atoms with E-state index in [-0.39, 0.29) is 18.9 Å². The van der Waals surface area contributed by atoms with Crippen LogP contribution in [0.25, 0.3) is 0 Å². The van der Waals surface area contributed by atoms with E-state index in [1.807, 2.05) is 42.5 Å². The zero-order valence-electron chi connectivity index (χ0n) is 13.8. The van der Waals surface area contributed by atoms with Crippen LogP contribution in [0.2, 0.25) is 0 Å². The molecule has 2 aromatic carbocycles. The molecule has 0 aliphatic carbocycles. The van der Waals surface area contributed by atoms with Crippen molar-refractivity contribution in [1.29, 1.82) is 0 Å². The molecule has 2 aromatic rings. The highest BCUT2D eigenvalue weighted by atomic mass is 16.7. The van der Waals surface area contributed by atoms with Gasteiger partial charge in [0.15, 0.2) is 11.5 Å². The van der Waals surface area contributed by atoms with Gasteiger partial charge in [-0.1, -0.05) is 24.3 Å². The standard InChI is InChI=1S/C19H20N2O4/c22-19(21-15-8-10-23-16-4-2-1-3-14(15)16)20-9-7-13-5-6-17-18(11-13)25-12-24-17/h1-6,11,15H,7-10,12H2,(H2,20,21,22)/t15-/m1/s1. The van der Waals surface area contributed by atoms with Gasteiger partial charge >= 0.3 is 6.03 Å². The molecule has 2 aliphatic rings. The summed E-state index contributed by atoms with van der Waals surface area (Å²) in [5.74, 6) is 2.38. The van der Waals surface area contributed by atoms with Gasteiger partial charge in [0.25, 0.3) is 0 Å². The van der Waals surface area contributed by atoms with E-state index in [2.05, 4.69) is 10.6 Å². The third kappa shape index (κ3) is 3.47. The Kier molecular flexibility index (Phi) is 4.33. The van der Waals surface area contributed by atoms with Crippen LogP contribution in [-0.4, -0.2) is 26.0 Å². The van der Waals surface area contributed by atoms with Crippen molar-refractivity contribution in [1.82, 2.24) is 10.6 Å². The number of ether oxygens (including phenoxy) is 3. The number of amides is 2. The van der Waals surface area contributed by atoms with Gasteiger partial charge in [-0.3, -0.25) is 0 Å². The molecular formula is C19H20N2O4. The maximum absolute atomic E-state index is 12.2. The molecule has 0 aromatic heterocycles. The molecule has 2 N–H and O–H groups in total. The van der Waals surface area contributed by atoms with Crippen molar-refractivity contribution in [2.45, 2.75) is 18.9 Å². The van der Waals surface area contributed by atoms with E-state index in [0.717, 1.165) is 41.2 Å².